The first-order chi connectivity index (χ1) is 11.1. The predicted octanol–water partition coefficient (Wildman–Crippen LogP) is 2.53. The summed E-state index contributed by atoms with van der Waals surface area (Å²) in [5, 5.41) is 6.97. The van der Waals surface area contributed by atoms with E-state index in [1.807, 2.05) is 18.3 Å². The Bertz CT molecular complexity index is 491. The zero-order valence-corrected chi connectivity index (χ0v) is 17.7. The van der Waals surface area contributed by atoms with Gasteiger partial charge in [0.1, 0.15) is 0 Å². The van der Waals surface area contributed by atoms with Gasteiger partial charge in [-0.3, -0.25) is 14.9 Å². The van der Waals surface area contributed by atoms with Crippen LogP contribution >= 0.6 is 24.0 Å². The van der Waals surface area contributed by atoms with Gasteiger partial charge in [-0.25, -0.2) is 0 Å². The van der Waals surface area contributed by atoms with Crippen molar-refractivity contribution in [3.8, 4) is 0 Å². The van der Waals surface area contributed by atoms with E-state index in [0.29, 0.717) is 18.0 Å². The van der Waals surface area contributed by atoms with E-state index in [0.717, 1.165) is 44.3 Å². The molecule has 0 aromatic carbocycles. The Morgan fingerprint density at radius 1 is 1.38 bits per heavy atom. The van der Waals surface area contributed by atoms with E-state index in [1.54, 1.807) is 0 Å². The second kappa shape index (κ2) is 10.9. The lowest BCUT2D eigenvalue weighted by atomic mass is 10.1. The molecule has 0 amide bonds. The van der Waals surface area contributed by atoms with Crippen molar-refractivity contribution in [3.05, 3.63) is 30.1 Å². The van der Waals surface area contributed by atoms with Gasteiger partial charge in [0.2, 0.25) is 0 Å². The molecule has 6 heteroatoms. The molecular formula is C18H32IN5. The Hall–Kier alpha value is -0.890. The summed E-state index contributed by atoms with van der Waals surface area (Å²) in [6.45, 7) is 12.8. The normalized spacial score (nSPS) is 21.6. The van der Waals surface area contributed by atoms with Crippen LogP contribution in [0.25, 0.3) is 0 Å². The smallest absolute Gasteiger partial charge is 0.191 e. The second-order valence-electron chi connectivity index (χ2n) is 6.61. The van der Waals surface area contributed by atoms with Crippen LogP contribution in [0, 0.1) is 5.92 Å². The van der Waals surface area contributed by atoms with Gasteiger partial charge < -0.3 is 10.6 Å². The third-order valence-corrected chi connectivity index (χ3v) is 4.40. The molecule has 5 nitrogen and oxygen atoms in total. The molecule has 0 saturated carbocycles. The van der Waals surface area contributed by atoms with Gasteiger partial charge in [0, 0.05) is 56.6 Å². The van der Waals surface area contributed by atoms with Crippen LogP contribution in [0.15, 0.2) is 29.4 Å². The molecule has 1 aliphatic rings. The molecule has 0 aliphatic carbocycles. The van der Waals surface area contributed by atoms with Gasteiger partial charge in [0.05, 0.1) is 0 Å². The highest BCUT2D eigenvalue weighted by Gasteiger charge is 2.31. The van der Waals surface area contributed by atoms with E-state index in [9.17, 15) is 0 Å². The number of aromatic nitrogens is 1. The zero-order valence-electron chi connectivity index (χ0n) is 15.3. The molecule has 2 N–H and O–H groups in total. The van der Waals surface area contributed by atoms with Gasteiger partial charge in [-0.15, -0.1) is 24.0 Å². The standard InChI is InChI=1S/C18H31N5.HI/c1-5-19-18(21-11-9-16-8-6-7-10-20-16)22-17-13-23(14(2)3)12-15(17)4;/h6-8,10,14-15,17H,5,9,11-13H2,1-4H3,(H2,19,21,22);1H. The van der Waals surface area contributed by atoms with Gasteiger partial charge >= 0.3 is 0 Å². The van der Waals surface area contributed by atoms with Crippen molar-refractivity contribution in [3.63, 3.8) is 0 Å². The van der Waals surface area contributed by atoms with Gasteiger partial charge in [-0.05, 0) is 38.8 Å². The summed E-state index contributed by atoms with van der Waals surface area (Å²) < 4.78 is 0. The van der Waals surface area contributed by atoms with Crippen molar-refractivity contribution in [2.45, 2.75) is 46.2 Å². The Balaban J connectivity index is 0.00000288. The first-order valence-corrected chi connectivity index (χ1v) is 8.79. The minimum Gasteiger partial charge on any atom is -0.357 e. The fourth-order valence-corrected chi connectivity index (χ4v) is 2.94. The van der Waals surface area contributed by atoms with Crippen molar-refractivity contribution in [1.82, 2.24) is 20.5 Å². The van der Waals surface area contributed by atoms with E-state index in [-0.39, 0.29) is 24.0 Å². The van der Waals surface area contributed by atoms with E-state index in [4.69, 9.17) is 4.99 Å². The van der Waals surface area contributed by atoms with Crippen molar-refractivity contribution in [2.75, 3.05) is 26.2 Å². The first kappa shape index (κ1) is 21.2. The van der Waals surface area contributed by atoms with Crippen LogP contribution in [0.4, 0.5) is 0 Å². The predicted molar refractivity (Wildman–Crippen MR) is 112 cm³/mol. The molecule has 2 unspecified atom stereocenters. The van der Waals surface area contributed by atoms with E-state index >= 15 is 0 Å². The number of nitrogens with one attached hydrogen (secondary N) is 2. The van der Waals surface area contributed by atoms with Crippen LogP contribution in [0.2, 0.25) is 0 Å². The van der Waals surface area contributed by atoms with Crippen molar-refractivity contribution in [2.24, 2.45) is 10.9 Å². The molecule has 0 radical (unpaired) electrons. The summed E-state index contributed by atoms with van der Waals surface area (Å²) in [5.74, 6) is 1.56. The summed E-state index contributed by atoms with van der Waals surface area (Å²) in [4.78, 5) is 11.6. The molecule has 2 rings (SSSR count). The van der Waals surface area contributed by atoms with Gasteiger partial charge in [-0.1, -0.05) is 13.0 Å². The molecule has 1 aromatic rings. The molecule has 2 heterocycles. The number of halogens is 1. The molecule has 1 saturated heterocycles. The van der Waals surface area contributed by atoms with E-state index in [1.165, 1.54) is 0 Å². The number of hydrogen-bond donors (Lipinski definition) is 2. The third-order valence-electron chi connectivity index (χ3n) is 4.40. The summed E-state index contributed by atoms with van der Waals surface area (Å²) in [5.41, 5.74) is 1.09. The number of rotatable bonds is 6. The largest absolute Gasteiger partial charge is 0.357 e. The van der Waals surface area contributed by atoms with E-state index in [2.05, 4.69) is 54.3 Å². The Morgan fingerprint density at radius 2 is 2.17 bits per heavy atom. The number of pyridine rings is 1. The first-order valence-electron chi connectivity index (χ1n) is 8.79. The highest BCUT2D eigenvalue weighted by molar-refractivity contribution is 14.0. The van der Waals surface area contributed by atoms with Crippen LogP contribution in [0.5, 0.6) is 0 Å². The molecule has 136 valence electrons. The summed E-state index contributed by atoms with van der Waals surface area (Å²) in [6.07, 6.45) is 2.71. The van der Waals surface area contributed by atoms with Gasteiger partial charge in [-0.2, -0.15) is 0 Å². The number of aliphatic imine (C=N–C) groups is 1. The summed E-state index contributed by atoms with van der Waals surface area (Å²) in [7, 11) is 0. The number of likely N-dealkylation sites (tertiary alicyclic amines) is 1. The summed E-state index contributed by atoms with van der Waals surface area (Å²) in [6, 6.07) is 7.09. The number of hydrogen-bond acceptors (Lipinski definition) is 3. The number of nitrogens with zero attached hydrogens (tertiary/aromatic N) is 3. The highest BCUT2D eigenvalue weighted by Crippen LogP contribution is 2.18. The molecule has 24 heavy (non-hydrogen) atoms. The van der Waals surface area contributed by atoms with Gasteiger partial charge in [0.15, 0.2) is 5.96 Å². The average Bonchev–Trinajstić information content (AvgIpc) is 2.90. The fraction of sp³-hybridized carbons (Fsp3) is 0.667. The minimum atomic E-state index is 0. The van der Waals surface area contributed by atoms with Crippen molar-refractivity contribution < 1.29 is 0 Å². The number of guanidine groups is 1. The molecule has 0 spiro atoms. The van der Waals surface area contributed by atoms with Crippen molar-refractivity contribution in [1.29, 1.82) is 0 Å². The van der Waals surface area contributed by atoms with Crippen molar-refractivity contribution >= 4 is 29.9 Å². The average molecular weight is 445 g/mol. The lowest BCUT2D eigenvalue weighted by Crippen LogP contribution is -2.47. The maximum absolute atomic E-state index is 4.71. The molecule has 1 aromatic heterocycles. The van der Waals surface area contributed by atoms with Crippen LogP contribution in [0.1, 0.15) is 33.4 Å². The maximum Gasteiger partial charge on any atom is 0.191 e. The molecule has 1 aliphatic heterocycles. The molecule has 2 atom stereocenters. The lowest BCUT2D eigenvalue weighted by Gasteiger charge is -2.21. The third kappa shape index (κ3) is 6.55. The Morgan fingerprint density at radius 3 is 2.75 bits per heavy atom. The lowest BCUT2D eigenvalue weighted by molar-refractivity contribution is 0.265. The molecule has 0 bridgehead atoms. The van der Waals surface area contributed by atoms with Crippen LogP contribution in [-0.4, -0.2) is 54.1 Å². The monoisotopic (exact) mass is 445 g/mol. The van der Waals surface area contributed by atoms with E-state index < -0.39 is 0 Å². The van der Waals surface area contributed by atoms with Crippen LogP contribution < -0.4 is 10.6 Å². The van der Waals surface area contributed by atoms with Crippen LogP contribution in [0.3, 0.4) is 0 Å². The van der Waals surface area contributed by atoms with Gasteiger partial charge in [0.25, 0.3) is 0 Å². The highest BCUT2D eigenvalue weighted by atomic mass is 127. The SMILES string of the molecule is CCNC(=NCCc1ccccn1)NC1CN(C(C)C)CC1C.I. The maximum atomic E-state index is 4.71. The Labute approximate surface area is 163 Å². The second-order valence-corrected chi connectivity index (χ2v) is 6.61. The molecule has 1 fully saturated rings. The zero-order chi connectivity index (χ0) is 16.7. The summed E-state index contributed by atoms with van der Waals surface area (Å²) >= 11 is 0. The molecular weight excluding hydrogens is 413 g/mol. The minimum absolute atomic E-state index is 0. The Kier molecular flexibility index (Phi) is 9.58. The topological polar surface area (TPSA) is 52.6 Å². The van der Waals surface area contributed by atoms with Crippen LogP contribution in [-0.2, 0) is 6.42 Å². The quantitative estimate of drug-likeness (QED) is 0.402. The fourth-order valence-electron chi connectivity index (χ4n) is 2.94.